The Morgan fingerprint density at radius 1 is 0.543 bits per heavy atom. The summed E-state index contributed by atoms with van der Waals surface area (Å²) >= 11 is 0. The van der Waals surface area contributed by atoms with Crippen LogP contribution in [0.25, 0.3) is 22.5 Å². The van der Waals surface area contributed by atoms with Gasteiger partial charge in [0.25, 0.3) is 0 Å². The second-order valence-electron chi connectivity index (χ2n) is 12.6. The first-order valence-corrected chi connectivity index (χ1v) is 18.2. The van der Waals surface area contributed by atoms with Crippen LogP contribution in [-0.4, -0.2) is 38.4 Å². The Balaban J connectivity index is 1.65. The summed E-state index contributed by atoms with van der Waals surface area (Å²) in [6.07, 6.45) is 28.2. The van der Waals surface area contributed by atoms with E-state index in [4.69, 9.17) is 9.47 Å². The lowest BCUT2D eigenvalue weighted by Crippen LogP contribution is -2.04. The number of aromatic hydroxyl groups is 2. The third-order valence-electron chi connectivity index (χ3n) is 8.59. The lowest BCUT2D eigenvalue weighted by Gasteiger charge is -2.18. The first kappa shape index (κ1) is 37.1. The Kier molecular flexibility index (Phi) is 18.6. The quantitative estimate of drug-likeness (QED) is 0.0849. The van der Waals surface area contributed by atoms with Crippen molar-refractivity contribution in [2.24, 2.45) is 0 Å². The number of phenols is 2. The van der Waals surface area contributed by atoms with Crippen molar-refractivity contribution < 1.29 is 19.7 Å². The zero-order chi connectivity index (χ0) is 32.7. The van der Waals surface area contributed by atoms with Crippen LogP contribution in [0.1, 0.15) is 142 Å². The van der Waals surface area contributed by atoms with Gasteiger partial charge in [-0.15, -0.1) is 0 Å². The SMILES string of the molecule is CCCCCCCCCCCCOc1cc(OCCCCCCCCCCCC)c(-c2ncncn2)c(-c2ccc(O)cc2O)c1. The van der Waals surface area contributed by atoms with E-state index in [9.17, 15) is 10.2 Å². The molecule has 0 radical (unpaired) electrons. The number of hydrogen-bond acceptors (Lipinski definition) is 7. The van der Waals surface area contributed by atoms with Gasteiger partial charge in [-0.05, 0) is 31.0 Å². The highest BCUT2D eigenvalue weighted by Gasteiger charge is 2.21. The molecule has 0 aliphatic rings. The van der Waals surface area contributed by atoms with Gasteiger partial charge in [-0.3, -0.25) is 0 Å². The molecular formula is C39H59N3O4. The molecule has 2 N–H and O–H groups in total. The normalized spacial score (nSPS) is 11.2. The number of rotatable bonds is 26. The molecule has 7 nitrogen and oxygen atoms in total. The number of nitrogens with zero attached hydrogens (tertiary/aromatic N) is 3. The Morgan fingerprint density at radius 2 is 1.04 bits per heavy atom. The molecule has 7 heteroatoms. The third-order valence-corrected chi connectivity index (χ3v) is 8.59. The smallest absolute Gasteiger partial charge is 0.167 e. The van der Waals surface area contributed by atoms with Gasteiger partial charge in [0, 0.05) is 23.3 Å². The van der Waals surface area contributed by atoms with Crippen LogP contribution in [0, 0.1) is 0 Å². The van der Waals surface area contributed by atoms with Crippen molar-refractivity contribution in [1.82, 2.24) is 15.0 Å². The second-order valence-corrected chi connectivity index (χ2v) is 12.6. The Morgan fingerprint density at radius 3 is 1.57 bits per heavy atom. The van der Waals surface area contributed by atoms with E-state index in [1.54, 1.807) is 12.1 Å². The standard InChI is InChI=1S/C39H59N3O4/c1-3-5-7-9-11-13-15-17-19-21-25-45-33-28-35(34-24-23-32(43)27-36(34)44)38(39-41-30-40-31-42-39)37(29-33)46-26-22-20-18-16-14-12-10-8-6-4-2/h23-24,27-31,43-44H,3-22,25-26H2,1-2H3. The Bertz CT molecular complexity index is 1220. The minimum absolute atomic E-state index is 0.00578. The molecular weight excluding hydrogens is 574 g/mol. The van der Waals surface area contributed by atoms with Gasteiger partial charge in [0.15, 0.2) is 5.82 Å². The van der Waals surface area contributed by atoms with Gasteiger partial charge in [-0.25, -0.2) is 15.0 Å². The van der Waals surface area contributed by atoms with Crippen molar-refractivity contribution in [3.8, 4) is 45.5 Å². The first-order valence-electron chi connectivity index (χ1n) is 18.2. The molecule has 2 aromatic carbocycles. The molecule has 0 saturated carbocycles. The van der Waals surface area contributed by atoms with Gasteiger partial charge in [0.05, 0.1) is 18.8 Å². The van der Waals surface area contributed by atoms with Crippen LogP contribution >= 0.6 is 0 Å². The molecule has 0 saturated heterocycles. The third kappa shape index (κ3) is 14.0. The van der Waals surface area contributed by atoms with Crippen molar-refractivity contribution in [3.05, 3.63) is 43.0 Å². The molecule has 0 aliphatic carbocycles. The van der Waals surface area contributed by atoms with E-state index < -0.39 is 0 Å². The van der Waals surface area contributed by atoms with E-state index in [2.05, 4.69) is 28.8 Å². The minimum atomic E-state index is -0.0391. The average molecular weight is 634 g/mol. The molecule has 0 fully saturated rings. The van der Waals surface area contributed by atoms with Crippen molar-refractivity contribution in [2.75, 3.05) is 13.2 Å². The van der Waals surface area contributed by atoms with E-state index >= 15 is 0 Å². The molecule has 0 spiro atoms. The average Bonchev–Trinajstić information content (AvgIpc) is 3.06. The van der Waals surface area contributed by atoms with Crippen molar-refractivity contribution >= 4 is 0 Å². The number of unbranched alkanes of at least 4 members (excludes halogenated alkanes) is 18. The zero-order valence-electron chi connectivity index (χ0n) is 28.7. The van der Waals surface area contributed by atoms with Gasteiger partial charge in [-0.2, -0.15) is 0 Å². The lowest BCUT2D eigenvalue weighted by molar-refractivity contribution is 0.290. The molecule has 254 valence electrons. The molecule has 1 aromatic heterocycles. The van der Waals surface area contributed by atoms with Crippen molar-refractivity contribution in [3.63, 3.8) is 0 Å². The molecule has 0 amide bonds. The molecule has 0 bridgehead atoms. The molecule has 3 rings (SSSR count). The minimum Gasteiger partial charge on any atom is -0.508 e. The topological polar surface area (TPSA) is 97.6 Å². The lowest BCUT2D eigenvalue weighted by atomic mass is 9.96. The summed E-state index contributed by atoms with van der Waals surface area (Å²) in [7, 11) is 0. The van der Waals surface area contributed by atoms with E-state index in [1.165, 1.54) is 121 Å². The number of aromatic nitrogens is 3. The van der Waals surface area contributed by atoms with Gasteiger partial charge in [0.2, 0.25) is 0 Å². The summed E-state index contributed by atoms with van der Waals surface area (Å²) in [5, 5.41) is 20.8. The summed E-state index contributed by atoms with van der Waals surface area (Å²) in [5.41, 5.74) is 1.89. The van der Waals surface area contributed by atoms with E-state index in [0.29, 0.717) is 47.2 Å². The van der Waals surface area contributed by atoms with Crippen LogP contribution < -0.4 is 9.47 Å². The largest absolute Gasteiger partial charge is 0.508 e. The van der Waals surface area contributed by atoms with Crippen molar-refractivity contribution in [1.29, 1.82) is 0 Å². The maximum Gasteiger partial charge on any atom is 0.167 e. The van der Waals surface area contributed by atoms with Crippen LogP contribution in [0.3, 0.4) is 0 Å². The number of ether oxygens (including phenoxy) is 2. The number of hydrogen-bond donors (Lipinski definition) is 2. The molecule has 0 unspecified atom stereocenters. The van der Waals surface area contributed by atoms with Crippen LogP contribution in [0.2, 0.25) is 0 Å². The summed E-state index contributed by atoms with van der Waals surface area (Å²) in [6.45, 7) is 5.70. The fraction of sp³-hybridized carbons (Fsp3) is 0.615. The fourth-order valence-electron chi connectivity index (χ4n) is 5.90. The van der Waals surface area contributed by atoms with Crippen LogP contribution in [0.15, 0.2) is 43.0 Å². The predicted octanol–water partition coefficient (Wildman–Crippen LogP) is 11.2. The molecule has 0 atom stereocenters. The first-order chi connectivity index (χ1) is 22.6. The fourth-order valence-corrected chi connectivity index (χ4v) is 5.90. The highest BCUT2D eigenvalue weighted by atomic mass is 16.5. The van der Waals surface area contributed by atoms with Gasteiger partial charge in [0.1, 0.15) is 35.7 Å². The maximum absolute atomic E-state index is 10.9. The van der Waals surface area contributed by atoms with Gasteiger partial charge < -0.3 is 19.7 Å². The van der Waals surface area contributed by atoms with Crippen LogP contribution in [0.4, 0.5) is 0 Å². The van der Waals surface area contributed by atoms with Crippen LogP contribution in [0.5, 0.6) is 23.0 Å². The van der Waals surface area contributed by atoms with Gasteiger partial charge >= 0.3 is 0 Å². The highest BCUT2D eigenvalue weighted by Crippen LogP contribution is 2.44. The predicted molar refractivity (Wildman–Crippen MR) is 189 cm³/mol. The summed E-state index contributed by atoms with van der Waals surface area (Å²) < 4.78 is 12.7. The number of benzene rings is 2. The Labute approximate surface area is 278 Å². The van der Waals surface area contributed by atoms with Gasteiger partial charge in [-0.1, -0.05) is 129 Å². The van der Waals surface area contributed by atoms with E-state index in [0.717, 1.165) is 25.7 Å². The molecule has 1 heterocycles. The zero-order valence-corrected chi connectivity index (χ0v) is 28.7. The number of phenolic OH excluding ortho intramolecular Hbond substituents is 2. The highest BCUT2D eigenvalue weighted by molar-refractivity contribution is 5.88. The van der Waals surface area contributed by atoms with E-state index in [1.807, 2.05) is 12.1 Å². The van der Waals surface area contributed by atoms with E-state index in [-0.39, 0.29) is 11.5 Å². The monoisotopic (exact) mass is 633 g/mol. The summed E-state index contributed by atoms with van der Waals surface area (Å²) in [6, 6.07) is 8.44. The summed E-state index contributed by atoms with van der Waals surface area (Å²) in [4.78, 5) is 12.9. The molecule has 46 heavy (non-hydrogen) atoms. The maximum atomic E-state index is 10.9. The summed E-state index contributed by atoms with van der Waals surface area (Å²) in [5.74, 6) is 1.70. The second kappa shape index (κ2) is 23.0. The molecule has 0 aliphatic heterocycles. The Hall–Kier alpha value is -3.35. The molecule has 3 aromatic rings. The van der Waals surface area contributed by atoms with Crippen molar-refractivity contribution in [2.45, 2.75) is 142 Å². The van der Waals surface area contributed by atoms with Crippen LogP contribution in [-0.2, 0) is 0 Å².